The maximum Gasteiger partial charge on any atom is 0.141 e. The zero-order valence-corrected chi connectivity index (χ0v) is 15.2. The van der Waals surface area contributed by atoms with E-state index >= 15 is 0 Å². The Labute approximate surface area is 161 Å². The Bertz CT molecular complexity index is 1130. The molecule has 0 aliphatic heterocycles. The van der Waals surface area contributed by atoms with Gasteiger partial charge in [-0.2, -0.15) is 0 Å². The van der Waals surface area contributed by atoms with E-state index in [4.69, 9.17) is 22.1 Å². The average molecular weight is 378 g/mol. The third-order valence-corrected chi connectivity index (χ3v) is 4.44. The summed E-state index contributed by atoms with van der Waals surface area (Å²) in [6.45, 7) is 0. The highest BCUT2D eigenvalue weighted by atomic mass is 35.5. The van der Waals surface area contributed by atoms with E-state index in [-0.39, 0.29) is 0 Å². The Kier molecular flexibility index (Phi) is 4.48. The van der Waals surface area contributed by atoms with Crippen molar-refractivity contribution < 1.29 is 4.74 Å². The van der Waals surface area contributed by atoms with Gasteiger partial charge in [-0.15, -0.1) is 0 Å². The number of aromatic nitrogens is 3. The van der Waals surface area contributed by atoms with Crippen molar-refractivity contribution in [2.75, 3.05) is 18.2 Å². The number of nitrogens with two attached hydrogens (primary N) is 1. The first-order chi connectivity index (χ1) is 13.1. The standard InChI is InChI=1S/C20H16ClN5O/c1-27-19-5-3-15(8-17(19)21)26-20-16-7-12(2-4-18(16)24-11-25-20)13-6-14(22)10-23-9-13/h2-11H,22H2,1H3,(H,24,25,26). The maximum absolute atomic E-state index is 6.22. The maximum atomic E-state index is 6.22. The molecular formula is C20H16ClN5O. The van der Waals surface area contributed by atoms with E-state index in [1.807, 2.05) is 30.3 Å². The number of rotatable bonds is 4. The van der Waals surface area contributed by atoms with Gasteiger partial charge in [0.2, 0.25) is 0 Å². The predicted molar refractivity (Wildman–Crippen MR) is 108 cm³/mol. The third-order valence-electron chi connectivity index (χ3n) is 4.14. The van der Waals surface area contributed by atoms with Crippen LogP contribution in [-0.2, 0) is 0 Å². The lowest BCUT2D eigenvalue weighted by molar-refractivity contribution is 0.415. The van der Waals surface area contributed by atoms with E-state index in [0.29, 0.717) is 22.3 Å². The highest BCUT2D eigenvalue weighted by molar-refractivity contribution is 6.32. The van der Waals surface area contributed by atoms with E-state index < -0.39 is 0 Å². The number of halogens is 1. The van der Waals surface area contributed by atoms with Gasteiger partial charge in [0, 0.05) is 29.0 Å². The van der Waals surface area contributed by atoms with E-state index in [0.717, 1.165) is 27.7 Å². The van der Waals surface area contributed by atoms with Crippen LogP contribution in [0.25, 0.3) is 22.0 Å². The zero-order chi connectivity index (χ0) is 18.8. The Morgan fingerprint density at radius 2 is 1.89 bits per heavy atom. The van der Waals surface area contributed by atoms with Crippen molar-refractivity contribution in [2.45, 2.75) is 0 Å². The summed E-state index contributed by atoms with van der Waals surface area (Å²) in [7, 11) is 1.58. The number of nitrogens with one attached hydrogen (secondary N) is 1. The minimum Gasteiger partial charge on any atom is -0.495 e. The predicted octanol–water partition coefficient (Wildman–Crippen LogP) is 4.68. The molecule has 6 nitrogen and oxygen atoms in total. The molecule has 2 aromatic carbocycles. The Morgan fingerprint density at radius 1 is 1.00 bits per heavy atom. The fraction of sp³-hybridized carbons (Fsp3) is 0.0500. The van der Waals surface area contributed by atoms with Crippen molar-refractivity contribution in [3.8, 4) is 16.9 Å². The van der Waals surface area contributed by atoms with Crippen LogP contribution in [0.1, 0.15) is 0 Å². The van der Waals surface area contributed by atoms with E-state index in [2.05, 4.69) is 20.3 Å². The highest BCUT2D eigenvalue weighted by Gasteiger charge is 2.09. The highest BCUT2D eigenvalue weighted by Crippen LogP contribution is 2.31. The quantitative estimate of drug-likeness (QED) is 0.537. The van der Waals surface area contributed by atoms with Gasteiger partial charge in [0.25, 0.3) is 0 Å². The molecule has 0 aliphatic rings. The molecule has 0 bridgehead atoms. The van der Waals surface area contributed by atoms with Gasteiger partial charge in [0.15, 0.2) is 0 Å². The molecule has 0 spiro atoms. The van der Waals surface area contributed by atoms with Gasteiger partial charge in [-0.1, -0.05) is 17.7 Å². The number of nitrogens with zero attached hydrogens (tertiary/aromatic N) is 3. The molecular weight excluding hydrogens is 362 g/mol. The molecule has 0 saturated heterocycles. The number of hydrogen-bond acceptors (Lipinski definition) is 6. The van der Waals surface area contributed by atoms with Crippen LogP contribution in [-0.4, -0.2) is 22.1 Å². The number of methoxy groups -OCH3 is 1. The zero-order valence-electron chi connectivity index (χ0n) is 14.5. The van der Waals surface area contributed by atoms with Crippen molar-refractivity contribution >= 4 is 39.7 Å². The first-order valence-electron chi connectivity index (χ1n) is 8.20. The van der Waals surface area contributed by atoms with Gasteiger partial charge >= 0.3 is 0 Å². The van der Waals surface area contributed by atoms with Gasteiger partial charge in [-0.3, -0.25) is 4.98 Å². The molecule has 0 aliphatic carbocycles. The average Bonchev–Trinajstić information content (AvgIpc) is 2.68. The topological polar surface area (TPSA) is 86.0 Å². The summed E-state index contributed by atoms with van der Waals surface area (Å²) in [5, 5.41) is 4.70. The van der Waals surface area contributed by atoms with Crippen molar-refractivity contribution in [3.05, 3.63) is 66.2 Å². The number of ether oxygens (including phenoxy) is 1. The Morgan fingerprint density at radius 3 is 2.67 bits per heavy atom. The van der Waals surface area contributed by atoms with E-state index in [9.17, 15) is 0 Å². The van der Waals surface area contributed by atoms with Crippen molar-refractivity contribution in [2.24, 2.45) is 0 Å². The molecule has 0 fully saturated rings. The molecule has 0 unspecified atom stereocenters. The van der Waals surface area contributed by atoms with Crippen LogP contribution in [0.5, 0.6) is 5.75 Å². The van der Waals surface area contributed by atoms with Gasteiger partial charge < -0.3 is 15.8 Å². The second-order valence-electron chi connectivity index (χ2n) is 5.94. The largest absolute Gasteiger partial charge is 0.495 e. The van der Waals surface area contributed by atoms with Crippen LogP contribution < -0.4 is 15.8 Å². The lowest BCUT2D eigenvalue weighted by Crippen LogP contribution is -1.97. The summed E-state index contributed by atoms with van der Waals surface area (Å²) >= 11 is 6.22. The van der Waals surface area contributed by atoms with Crippen LogP contribution in [0.3, 0.4) is 0 Å². The number of anilines is 3. The van der Waals surface area contributed by atoms with Crippen LogP contribution in [0, 0.1) is 0 Å². The molecule has 0 amide bonds. The fourth-order valence-corrected chi connectivity index (χ4v) is 3.09. The molecule has 134 valence electrons. The molecule has 4 aromatic rings. The lowest BCUT2D eigenvalue weighted by Gasteiger charge is -2.11. The van der Waals surface area contributed by atoms with Crippen LogP contribution in [0.15, 0.2) is 61.2 Å². The van der Waals surface area contributed by atoms with Crippen molar-refractivity contribution in [1.29, 1.82) is 0 Å². The molecule has 2 heterocycles. The normalized spacial score (nSPS) is 10.7. The summed E-state index contributed by atoms with van der Waals surface area (Å²) in [4.78, 5) is 12.9. The number of benzene rings is 2. The van der Waals surface area contributed by atoms with E-state index in [1.165, 1.54) is 6.33 Å². The summed E-state index contributed by atoms with van der Waals surface area (Å²) in [6.07, 6.45) is 4.92. The molecule has 0 atom stereocenters. The number of pyridine rings is 1. The SMILES string of the molecule is COc1ccc(Nc2ncnc3ccc(-c4cncc(N)c4)cc23)cc1Cl. The molecule has 2 aromatic heterocycles. The summed E-state index contributed by atoms with van der Waals surface area (Å²) in [5.74, 6) is 1.30. The molecule has 7 heteroatoms. The summed E-state index contributed by atoms with van der Waals surface area (Å²) in [6, 6.07) is 13.3. The van der Waals surface area contributed by atoms with Crippen LogP contribution >= 0.6 is 11.6 Å². The Hall–Kier alpha value is -3.38. The van der Waals surface area contributed by atoms with Gasteiger partial charge in [-0.05, 0) is 42.0 Å². The summed E-state index contributed by atoms with van der Waals surface area (Å²) < 4.78 is 5.19. The minimum atomic E-state index is 0.521. The first kappa shape index (κ1) is 17.1. The molecule has 4 rings (SSSR count). The number of fused-ring (bicyclic) bond motifs is 1. The Balaban J connectivity index is 1.76. The number of nitrogen functional groups attached to an aromatic ring is 1. The first-order valence-corrected chi connectivity index (χ1v) is 8.58. The van der Waals surface area contributed by atoms with Crippen LogP contribution in [0.2, 0.25) is 5.02 Å². The fourth-order valence-electron chi connectivity index (χ4n) is 2.83. The molecule has 27 heavy (non-hydrogen) atoms. The van der Waals surface area contributed by atoms with Gasteiger partial charge in [-0.25, -0.2) is 9.97 Å². The summed E-state index contributed by atoms with van der Waals surface area (Å²) in [5.41, 5.74) is 10.0. The lowest BCUT2D eigenvalue weighted by atomic mass is 10.0. The van der Waals surface area contributed by atoms with Crippen LogP contribution in [0.4, 0.5) is 17.2 Å². The number of hydrogen-bond donors (Lipinski definition) is 2. The van der Waals surface area contributed by atoms with E-state index in [1.54, 1.807) is 31.6 Å². The second kappa shape index (κ2) is 7.09. The third kappa shape index (κ3) is 3.47. The molecule has 3 N–H and O–H groups in total. The van der Waals surface area contributed by atoms with Crippen molar-refractivity contribution in [3.63, 3.8) is 0 Å². The second-order valence-corrected chi connectivity index (χ2v) is 6.34. The van der Waals surface area contributed by atoms with Gasteiger partial charge in [0.05, 0.1) is 23.3 Å². The smallest absolute Gasteiger partial charge is 0.141 e. The van der Waals surface area contributed by atoms with Gasteiger partial charge in [0.1, 0.15) is 17.9 Å². The monoisotopic (exact) mass is 377 g/mol. The molecule has 0 radical (unpaired) electrons. The molecule has 0 saturated carbocycles. The van der Waals surface area contributed by atoms with Crippen molar-refractivity contribution in [1.82, 2.24) is 15.0 Å². The minimum absolute atomic E-state index is 0.521.